The fourth-order valence-corrected chi connectivity index (χ4v) is 6.45. The number of unbranched alkanes of at least 4 members (excludes halogenated alkanes) is 2. The molecule has 4 amide bonds. The number of anilines is 2. The molecule has 2 aliphatic rings. The summed E-state index contributed by atoms with van der Waals surface area (Å²) < 4.78 is 0. The summed E-state index contributed by atoms with van der Waals surface area (Å²) in [7, 11) is 0. The smallest absolute Gasteiger partial charge is 0.238 e. The molecule has 6 nitrogen and oxygen atoms in total. The zero-order valence-electron chi connectivity index (χ0n) is 23.0. The van der Waals surface area contributed by atoms with E-state index in [-0.39, 0.29) is 35.5 Å². The topological polar surface area (TPSA) is 74.8 Å². The number of hydrogen-bond donors (Lipinski definition) is 0. The Kier molecular flexibility index (Phi) is 8.80. The molecule has 2 fully saturated rings. The molecule has 0 aromatic heterocycles. The molecule has 0 spiro atoms. The highest BCUT2D eigenvalue weighted by Gasteiger charge is 2.62. The highest BCUT2D eigenvalue weighted by atomic mass is 16.2. The summed E-state index contributed by atoms with van der Waals surface area (Å²) in [6.07, 6.45) is 5.39. The van der Waals surface area contributed by atoms with Crippen LogP contribution in [0.2, 0.25) is 0 Å². The number of amides is 4. The number of para-hydroxylation sites is 2. The normalized spacial score (nSPS) is 25.4. The summed E-state index contributed by atoms with van der Waals surface area (Å²) in [5.74, 6) is -4.44. The number of nitrogens with zero attached hydrogens (tertiary/aromatic N) is 2. The van der Waals surface area contributed by atoms with Crippen LogP contribution in [0.3, 0.4) is 0 Å². The molecule has 6 atom stereocenters. The Labute approximate surface area is 226 Å². The minimum Gasteiger partial charge on any atom is -0.274 e. The summed E-state index contributed by atoms with van der Waals surface area (Å²) in [6.45, 7) is 8.23. The van der Waals surface area contributed by atoms with Crippen LogP contribution in [0.1, 0.15) is 66.2 Å². The standard InChI is InChI=1S/C32H40N2O4/c1-5-7-15-21(3)25-27(31(37)33(29(25)35)23-17-11-9-12-18-23)28-26(22(4)16-8-6-2)30(36)34(32(28)38)24-19-13-10-14-20-24/h9-14,17-22,25-28H,5-8,15-16H2,1-4H3. The van der Waals surface area contributed by atoms with Crippen molar-refractivity contribution in [1.29, 1.82) is 0 Å². The lowest BCUT2D eigenvalue weighted by molar-refractivity contribution is -0.133. The second kappa shape index (κ2) is 12.1. The average molecular weight is 517 g/mol. The molecule has 202 valence electrons. The fraction of sp³-hybridized carbons (Fsp3) is 0.500. The monoisotopic (exact) mass is 516 g/mol. The predicted molar refractivity (Wildman–Crippen MR) is 149 cm³/mol. The first-order valence-electron chi connectivity index (χ1n) is 14.2. The molecule has 2 heterocycles. The van der Waals surface area contributed by atoms with Gasteiger partial charge in [-0.1, -0.05) is 89.8 Å². The van der Waals surface area contributed by atoms with Gasteiger partial charge in [0.05, 0.1) is 35.0 Å². The SMILES string of the molecule is CCCCC(C)C1C(=O)N(c2ccccc2)C(=O)C1C1C(=O)N(c2ccccc2)C(=O)C1C(C)CCCC. The number of rotatable bonds is 11. The third-order valence-corrected chi connectivity index (χ3v) is 8.46. The maximum absolute atomic E-state index is 14.2. The summed E-state index contributed by atoms with van der Waals surface area (Å²) in [4.78, 5) is 58.9. The molecule has 38 heavy (non-hydrogen) atoms. The molecule has 0 saturated carbocycles. The van der Waals surface area contributed by atoms with E-state index < -0.39 is 23.7 Å². The molecule has 0 radical (unpaired) electrons. The van der Waals surface area contributed by atoms with Gasteiger partial charge in [-0.3, -0.25) is 29.0 Å². The van der Waals surface area contributed by atoms with Gasteiger partial charge < -0.3 is 0 Å². The second-order valence-electron chi connectivity index (χ2n) is 11.0. The first kappa shape index (κ1) is 27.7. The quantitative estimate of drug-likeness (QED) is 0.331. The van der Waals surface area contributed by atoms with E-state index in [2.05, 4.69) is 13.8 Å². The van der Waals surface area contributed by atoms with Crippen molar-refractivity contribution in [3.05, 3.63) is 60.7 Å². The number of carbonyl (C=O) groups is 4. The van der Waals surface area contributed by atoms with Crippen molar-refractivity contribution >= 4 is 35.0 Å². The molecule has 6 unspecified atom stereocenters. The van der Waals surface area contributed by atoms with Gasteiger partial charge in [0.25, 0.3) is 0 Å². The van der Waals surface area contributed by atoms with Gasteiger partial charge in [-0.25, -0.2) is 0 Å². The Morgan fingerprint density at radius 2 is 0.921 bits per heavy atom. The van der Waals surface area contributed by atoms with Crippen LogP contribution in [0.5, 0.6) is 0 Å². The van der Waals surface area contributed by atoms with E-state index in [9.17, 15) is 19.2 Å². The molecule has 2 aromatic rings. The minimum atomic E-state index is -0.867. The van der Waals surface area contributed by atoms with Crippen molar-refractivity contribution in [3.63, 3.8) is 0 Å². The fourth-order valence-electron chi connectivity index (χ4n) is 6.45. The van der Waals surface area contributed by atoms with E-state index in [1.807, 2.05) is 26.0 Å². The van der Waals surface area contributed by atoms with Crippen LogP contribution in [-0.2, 0) is 19.2 Å². The molecule has 0 bridgehead atoms. The van der Waals surface area contributed by atoms with Gasteiger partial charge in [0.1, 0.15) is 0 Å². The lowest BCUT2D eigenvalue weighted by Crippen LogP contribution is -2.39. The van der Waals surface area contributed by atoms with E-state index in [0.717, 1.165) is 38.5 Å². The maximum atomic E-state index is 14.2. The van der Waals surface area contributed by atoms with Crippen molar-refractivity contribution in [1.82, 2.24) is 0 Å². The lowest BCUT2D eigenvalue weighted by Gasteiger charge is -2.30. The molecule has 2 saturated heterocycles. The zero-order chi connectivity index (χ0) is 27.4. The van der Waals surface area contributed by atoms with Gasteiger partial charge in [-0.15, -0.1) is 0 Å². The Balaban J connectivity index is 1.82. The Morgan fingerprint density at radius 3 is 1.24 bits per heavy atom. The van der Waals surface area contributed by atoms with E-state index in [4.69, 9.17) is 0 Å². The van der Waals surface area contributed by atoms with Gasteiger partial charge in [-0.2, -0.15) is 0 Å². The van der Waals surface area contributed by atoms with Crippen molar-refractivity contribution in [2.24, 2.45) is 35.5 Å². The van der Waals surface area contributed by atoms with Crippen molar-refractivity contribution in [3.8, 4) is 0 Å². The van der Waals surface area contributed by atoms with Crippen LogP contribution >= 0.6 is 0 Å². The lowest BCUT2D eigenvalue weighted by atomic mass is 9.68. The van der Waals surface area contributed by atoms with Crippen LogP contribution in [-0.4, -0.2) is 23.6 Å². The summed E-state index contributed by atoms with van der Waals surface area (Å²) in [6, 6.07) is 17.9. The molecule has 6 heteroatoms. The van der Waals surface area contributed by atoms with Crippen LogP contribution in [0, 0.1) is 35.5 Å². The van der Waals surface area contributed by atoms with Crippen molar-refractivity contribution < 1.29 is 19.2 Å². The largest absolute Gasteiger partial charge is 0.274 e. The van der Waals surface area contributed by atoms with Gasteiger partial charge >= 0.3 is 0 Å². The average Bonchev–Trinajstić information content (AvgIpc) is 3.34. The summed E-state index contributed by atoms with van der Waals surface area (Å²) >= 11 is 0. The second-order valence-corrected chi connectivity index (χ2v) is 11.0. The van der Waals surface area contributed by atoms with Gasteiger partial charge in [-0.05, 0) is 48.9 Å². The predicted octanol–water partition coefficient (Wildman–Crippen LogP) is 6.25. The van der Waals surface area contributed by atoms with Crippen LogP contribution < -0.4 is 9.80 Å². The highest BCUT2D eigenvalue weighted by Crippen LogP contribution is 2.49. The van der Waals surface area contributed by atoms with Gasteiger partial charge in [0.2, 0.25) is 23.6 Å². The molecule has 0 aliphatic carbocycles. The van der Waals surface area contributed by atoms with Gasteiger partial charge in [0.15, 0.2) is 0 Å². The Hall–Kier alpha value is -3.28. The van der Waals surface area contributed by atoms with Crippen LogP contribution in [0.15, 0.2) is 60.7 Å². The number of hydrogen-bond acceptors (Lipinski definition) is 4. The van der Waals surface area contributed by atoms with E-state index in [1.165, 1.54) is 9.80 Å². The molecule has 4 rings (SSSR count). The third kappa shape index (κ3) is 5.05. The first-order valence-corrected chi connectivity index (χ1v) is 14.2. The number of imide groups is 2. The summed E-state index contributed by atoms with van der Waals surface area (Å²) in [5.41, 5.74) is 1.04. The van der Waals surface area contributed by atoms with E-state index >= 15 is 0 Å². The summed E-state index contributed by atoms with van der Waals surface area (Å²) in [5, 5.41) is 0. The van der Waals surface area contributed by atoms with E-state index in [0.29, 0.717) is 11.4 Å². The van der Waals surface area contributed by atoms with Crippen LogP contribution in [0.25, 0.3) is 0 Å². The minimum absolute atomic E-state index is 0.0922. The Morgan fingerprint density at radius 1 is 0.579 bits per heavy atom. The van der Waals surface area contributed by atoms with E-state index in [1.54, 1.807) is 48.5 Å². The Bertz CT molecular complexity index is 1060. The van der Waals surface area contributed by atoms with Crippen molar-refractivity contribution in [2.75, 3.05) is 9.80 Å². The van der Waals surface area contributed by atoms with Gasteiger partial charge in [0, 0.05) is 0 Å². The van der Waals surface area contributed by atoms with Crippen molar-refractivity contribution in [2.45, 2.75) is 66.2 Å². The highest BCUT2D eigenvalue weighted by molar-refractivity contribution is 6.27. The first-order chi connectivity index (χ1) is 18.3. The molecule has 2 aromatic carbocycles. The number of carbonyl (C=O) groups excluding carboxylic acids is 4. The number of benzene rings is 2. The third-order valence-electron chi connectivity index (χ3n) is 8.46. The maximum Gasteiger partial charge on any atom is 0.238 e. The zero-order valence-corrected chi connectivity index (χ0v) is 23.0. The molecule has 0 N–H and O–H groups in total. The molecular formula is C32H40N2O4. The van der Waals surface area contributed by atoms with Crippen LogP contribution in [0.4, 0.5) is 11.4 Å². The molecular weight excluding hydrogens is 476 g/mol. The molecule has 2 aliphatic heterocycles.